The summed E-state index contributed by atoms with van der Waals surface area (Å²) in [4.78, 5) is 11.8. The Bertz CT molecular complexity index is 436. The first-order chi connectivity index (χ1) is 6.68. The lowest BCUT2D eigenvalue weighted by Crippen LogP contribution is -1.96. The number of fused-ring (bicyclic) bond motifs is 1. The van der Waals surface area contributed by atoms with Crippen molar-refractivity contribution in [2.75, 3.05) is 5.73 Å². The van der Waals surface area contributed by atoms with E-state index in [0.717, 1.165) is 0 Å². The van der Waals surface area contributed by atoms with Crippen LogP contribution in [0.15, 0.2) is 6.33 Å². The minimum Gasteiger partial charge on any atom is -0.382 e. The zero-order valence-electron chi connectivity index (χ0n) is 8.32. The molecule has 2 aromatic heterocycles. The number of anilines is 1. The van der Waals surface area contributed by atoms with Crippen LogP contribution in [0.5, 0.6) is 0 Å². The number of aryl methyl sites for hydroxylation is 1. The van der Waals surface area contributed by atoms with Crippen molar-refractivity contribution in [2.45, 2.75) is 13.8 Å². The Kier molecular flexibility index (Phi) is 3.24. The molecule has 2 rings (SSSR count). The Hall–Kier alpha value is -1.36. The fraction of sp³-hybridized carbons (Fsp3) is 0.375. The minimum absolute atomic E-state index is 0.142. The average molecular weight is 214 g/mol. The zero-order chi connectivity index (χ0) is 10.7. The number of hydrogen-bond acceptors (Lipinski definition) is 4. The number of rotatable bonds is 0. The fourth-order valence-corrected chi connectivity index (χ4v) is 1.17. The molecule has 0 radical (unpaired) electrons. The standard InChI is InChI=1S/C6H6ClN5.C2H6/c1-12-2-9-3-4(8)10-6(7)11-5(3)12;1-2/h2H,1H3,(H2,8,10,11);1-2H3. The molecule has 2 aromatic rings. The van der Waals surface area contributed by atoms with Gasteiger partial charge in [0.2, 0.25) is 5.28 Å². The van der Waals surface area contributed by atoms with Gasteiger partial charge in [0.25, 0.3) is 0 Å². The highest BCUT2D eigenvalue weighted by Gasteiger charge is 2.07. The van der Waals surface area contributed by atoms with Crippen LogP contribution in [0, 0.1) is 0 Å². The molecule has 0 atom stereocenters. The molecule has 0 amide bonds. The number of hydrogen-bond donors (Lipinski definition) is 1. The number of imidazole rings is 1. The Morgan fingerprint density at radius 1 is 1.36 bits per heavy atom. The fourth-order valence-electron chi connectivity index (χ4n) is 1.00. The Balaban J connectivity index is 0.000000461. The number of nitrogen functional groups attached to an aromatic ring is 1. The summed E-state index contributed by atoms with van der Waals surface area (Å²) in [5.41, 5.74) is 6.79. The van der Waals surface area contributed by atoms with E-state index in [0.29, 0.717) is 17.0 Å². The van der Waals surface area contributed by atoms with E-state index in [9.17, 15) is 0 Å². The molecule has 0 saturated carbocycles. The molecule has 0 unspecified atom stereocenters. The molecule has 0 aliphatic carbocycles. The number of nitrogens with zero attached hydrogens (tertiary/aromatic N) is 4. The van der Waals surface area contributed by atoms with Gasteiger partial charge in [-0.15, -0.1) is 0 Å². The maximum Gasteiger partial charge on any atom is 0.226 e. The van der Waals surface area contributed by atoms with Crippen LogP contribution in [0.25, 0.3) is 11.2 Å². The van der Waals surface area contributed by atoms with Crippen molar-refractivity contribution >= 4 is 28.6 Å². The molecule has 0 fully saturated rings. The highest BCUT2D eigenvalue weighted by Crippen LogP contribution is 2.16. The molecule has 2 heterocycles. The van der Waals surface area contributed by atoms with Crippen molar-refractivity contribution in [1.29, 1.82) is 0 Å². The van der Waals surface area contributed by atoms with E-state index in [1.807, 2.05) is 20.9 Å². The van der Waals surface area contributed by atoms with E-state index in [-0.39, 0.29) is 5.28 Å². The van der Waals surface area contributed by atoms with Crippen LogP contribution >= 0.6 is 11.6 Å². The van der Waals surface area contributed by atoms with Gasteiger partial charge in [0, 0.05) is 7.05 Å². The van der Waals surface area contributed by atoms with Crippen molar-refractivity contribution in [3.05, 3.63) is 11.6 Å². The van der Waals surface area contributed by atoms with Crippen molar-refractivity contribution in [3.63, 3.8) is 0 Å². The van der Waals surface area contributed by atoms with E-state index in [2.05, 4.69) is 15.0 Å². The summed E-state index contributed by atoms with van der Waals surface area (Å²) in [6.07, 6.45) is 1.62. The van der Waals surface area contributed by atoms with Crippen LogP contribution in [0.1, 0.15) is 13.8 Å². The largest absolute Gasteiger partial charge is 0.382 e. The van der Waals surface area contributed by atoms with Gasteiger partial charge in [-0.2, -0.15) is 9.97 Å². The maximum absolute atomic E-state index is 5.61. The molecule has 14 heavy (non-hydrogen) atoms. The van der Waals surface area contributed by atoms with Crippen LogP contribution in [-0.2, 0) is 7.05 Å². The molecule has 0 saturated heterocycles. The Morgan fingerprint density at radius 2 is 2.00 bits per heavy atom. The van der Waals surface area contributed by atoms with Gasteiger partial charge in [0.1, 0.15) is 5.52 Å². The normalized spacial score (nSPS) is 9.71. The smallest absolute Gasteiger partial charge is 0.226 e. The molecule has 0 aromatic carbocycles. The molecule has 0 bridgehead atoms. The zero-order valence-corrected chi connectivity index (χ0v) is 9.08. The summed E-state index contributed by atoms with van der Waals surface area (Å²) in [5.74, 6) is 0.311. The van der Waals surface area contributed by atoms with Crippen LogP contribution in [-0.4, -0.2) is 19.5 Å². The quantitative estimate of drug-likeness (QED) is 0.676. The third-order valence-electron chi connectivity index (χ3n) is 1.56. The summed E-state index contributed by atoms with van der Waals surface area (Å²) < 4.78 is 1.74. The lowest BCUT2D eigenvalue weighted by molar-refractivity contribution is 0.928. The van der Waals surface area contributed by atoms with Crippen molar-refractivity contribution in [3.8, 4) is 0 Å². The van der Waals surface area contributed by atoms with Crippen molar-refractivity contribution < 1.29 is 0 Å². The molecule has 5 nitrogen and oxygen atoms in total. The highest BCUT2D eigenvalue weighted by molar-refractivity contribution is 6.28. The minimum atomic E-state index is 0.142. The van der Waals surface area contributed by atoms with Gasteiger partial charge in [-0.05, 0) is 11.6 Å². The Morgan fingerprint density at radius 3 is 2.64 bits per heavy atom. The molecule has 0 spiro atoms. The van der Waals surface area contributed by atoms with E-state index < -0.39 is 0 Å². The van der Waals surface area contributed by atoms with Crippen molar-refractivity contribution in [2.24, 2.45) is 7.05 Å². The van der Waals surface area contributed by atoms with Crippen LogP contribution in [0.2, 0.25) is 5.28 Å². The maximum atomic E-state index is 5.61. The van der Waals surface area contributed by atoms with Gasteiger partial charge in [-0.3, -0.25) is 0 Å². The average Bonchev–Trinajstić information content (AvgIpc) is 2.52. The first-order valence-corrected chi connectivity index (χ1v) is 4.66. The molecule has 0 aliphatic rings. The third kappa shape index (κ3) is 1.77. The monoisotopic (exact) mass is 213 g/mol. The van der Waals surface area contributed by atoms with E-state index >= 15 is 0 Å². The summed E-state index contributed by atoms with van der Waals surface area (Å²) in [5, 5.41) is 0.142. The highest BCUT2D eigenvalue weighted by atomic mass is 35.5. The van der Waals surface area contributed by atoms with E-state index in [1.165, 1.54) is 0 Å². The number of halogens is 1. The van der Waals surface area contributed by atoms with Gasteiger partial charge >= 0.3 is 0 Å². The molecular weight excluding hydrogens is 202 g/mol. The summed E-state index contributed by atoms with van der Waals surface area (Å²) in [6, 6.07) is 0. The first-order valence-electron chi connectivity index (χ1n) is 4.28. The second kappa shape index (κ2) is 4.23. The second-order valence-corrected chi connectivity index (χ2v) is 2.74. The van der Waals surface area contributed by atoms with Crippen LogP contribution < -0.4 is 5.73 Å². The van der Waals surface area contributed by atoms with Gasteiger partial charge in [0.15, 0.2) is 11.5 Å². The van der Waals surface area contributed by atoms with Crippen molar-refractivity contribution in [1.82, 2.24) is 19.5 Å². The summed E-state index contributed by atoms with van der Waals surface area (Å²) in [7, 11) is 1.82. The third-order valence-corrected chi connectivity index (χ3v) is 1.73. The predicted octanol–water partition coefficient (Wildman–Crippen LogP) is 1.63. The predicted molar refractivity (Wildman–Crippen MR) is 57.1 cm³/mol. The lowest BCUT2D eigenvalue weighted by Gasteiger charge is -1.95. The number of nitrogens with two attached hydrogens (primary N) is 1. The summed E-state index contributed by atoms with van der Waals surface area (Å²) in [6.45, 7) is 4.00. The topological polar surface area (TPSA) is 69.6 Å². The lowest BCUT2D eigenvalue weighted by atomic mass is 10.5. The van der Waals surface area contributed by atoms with Gasteiger partial charge < -0.3 is 10.3 Å². The molecule has 76 valence electrons. The molecular formula is C8H12ClN5. The van der Waals surface area contributed by atoms with Crippen LogP contribution in [0.3, 0.4) is 0 Å². The van der Waals surface area contributed by atoms with E-state index in [1.54, 1.807) is 10.9 Å². The Labute approximate surface area is 86.9 Å². The van der Waals surface area contributed by atoms with Gasteiger partial charge in [0.05, 0.1) is 6.33 Å². The summed E-state index contributed by atoms with van der Waals surface area (Å²) >= 11 is 5.61. The number of aromatic nitrogens is 4. The van der Waals surface area contributed by atoms with Crippen LogP contribution in [0.4, 0.5) is 5.82 Å². The molecule has 0 aliphatic heterocycles. The van der Waals surface area contributed by atoms with Gasteiger partial charge in [-0.1, -0.05) is 13.8 Å². The molecule has 2 N–H and O–H groups in total. The first kappa shape index (κ1) is 10.7. The second-order valence-electron chi connectivity index (χ2n) is 2.41. The van der Waals surface area contributed by atoms with Gasteiger partial charge in [-0.25, -0.2) is 4.98 Å². The SMILES string of the molecule is CC.Cn1cnc2c(N)nc(Cl)nc21. The molecule has 6 heteroatoms. The van der Waals surface area contributed by atoms with E-state index in [4.69, 9.17) is 17.3 Å².